The lowest BCUT2D eigenvalue weighted by Gasteiger charge is -2.20. The Morgan fingerprint density at radius 3 is 2.63 bits per heavy atom. The summed E-state index contributed by atoms with van der Waals surface area (Å²) in [4.78, 5) is 69.8. The van der Waals surface area contributed by atoms with Gasteiger partial charge in [-0.25, -0.2) is 19.7 Å². The fraction of sp³-hybridized carbons (Fsp3) is 0.500. The number of anilines is 1. The second-order valence-corrected chi connectivity index (χ2v) is 11.2. The maximum atomic E-state index is 13.3. The molecule has 13 heteroatoms. The lowest BCUT2D eigenvalue weighted by atomic mass is 9.86. The number of H-pyrrole nitrogens is 1. The summed E-state index contributed by atoms with van der Waals surface area (Å²) in [7, 11) is 6.27. The number of nitrogens with one attached hydrogen (secondary N) is 2. The minimum atomic E-state index is -1.18. The van der Waals surface area contributed by atoms with Gasteiger partial charge in [-0.1, -0.05) is 38.2 Å². The Kier molecular flexibility index (Phi) is 10.6. The smallest absolute Gasteiger partial charge is 0.410 e. The molecule has 43 heavy (non-hydrogen) atoms. The summed E-state index contributed by atoms with van der Waals surface area (Å²) >= 11 is 0. The first-order valence-corrected chi connectivity index (χ1v) is 14.6. The molecule has 0 aromatic carbocycles. The van der Waals surface area contributed by atoms with Gasteiger partial charge in [-0.2, -0.15) is 0 Å². The van der Waals surface area contributed by atoms with Gasteiger partial charge in [-0.15, -0.1) is 0 Å². The van der Waals surface area contributed by atoms with Crippen LogP contribution in [0.5, 0.6) is 0 Å². The number of amides is 3. The van der Waals surface area contributed by atoms with E-state index in [9.17, 15) is 19.2 Å². The van der Waals surface area contributed by atoms with E-state index in [2.05, 4.69) is 25.3 Å². The van der Waals surface area contributed by atoms with E-state index in [1.807, 2.05) is 0 Å². The first-order chi connectivity index (χ1) is 20.6. The number of fused-ring (bicyclic) bond motifs is 1. The maximum Gasteiger partial charge on any atom is 0.410 e. The summed E-state index contributed by atoms with van der Waals surface area (Å²) in [5.41, 5.74) is 1.86. The van der Waals surface area contributed by atoms with Gasteiger partial charge in [0, 0.05) is 34.4 Å². The molecule has 0 unspecified atom stereocenters. The molecule has 230 valence electrons. The maximum absolute atomic E-state index is 13.3. The van der Waals surface area contributed by atoms with Gasteiger partial charge in [0.1, 0.15) is 23.4 Å². The van der Waals surface area contributed by atoms with Crippen LogP contribution in [0.3, 0.4) is 0 Å². The zero-order chi connectivity index (χ0) is 30.9. The predicted molar refractivity (Wildman–Crippen MR) is 161 cm³/mol. The van der Waals surface area contributed by atoms with E-state index in [4.69, 9.17) is 4.74 Å². The first kappa shape index (κ1) is 31.4. The lowest BCUT2D eigenvalue weighted by Crippen LogP contribution is -2.37. The second-order valence-electron chi connectivity index (χ2n) is 11.2. The molecule has 13 nitrogen and oxygen atoms in total. The van der Waals surface area contributed by atoms with Crippen molar-refractivity contribution in [1.29, 1.82) is 0 Å². The molecule has 2 N–H and O–H groups in total. The van der Waals surface area contributed by atoms with Crippen LogP contribution in [0.2, 0.25) is 0 Å². The van der Waals surface area contributed by atoms with E-state index in [-0.39, 0.29) is 24.6 Å². The van der Waals surface area contributed by atoms with Crippen LogP contribution >= 0.6 is 0 Å². The van der Waals surface area contributed by atoms with Crippen LogP contribution in [-0.4, -0.2) is 86.5 Å². The average Bonchev–Trinajstić information content (AvgIpc) is 3.40. The van der Waals surface area contributed by atoms with Crippen LogP contribution in [-0.2, 0) is 27.3 Å². The van der Waals surface area contributed by atoms with Crippen molar-refractivity contribution < 1.29 is 19.1 Å². The van der Waals surface area contributed by atoms with Gasteiger partial charge < -0.3 is 29.4 Å². The number of carbonyl (C=O) groups is 3. The number of imidazole rings is 1. The van der Waals surface area contributed by atoms with E-state index in [0.717, 1.165) is 17.6 Å². The number of rotatable bonds is 11. The van der Waals surface area contributed by atoms with E-state index in [1.165, 1.54) is 79.0 Å². The fourth-order valence-electron chi connectivity index (χ4n) is 5.00. The number of pyridine rings is 1. The number of hydrogen-bond acceptors (Lipinski definition) is 8. The van der Waals surface area contributed by atoms with Gasteiger partial charge in [-0.3, -0.25) is 14.4 Å². The van der Waals surface area contributed by atoms with E-state index >= 15 is 0 Å². The molecular formula is C30H40N8O5. The summed E-state index contributed by atoms with van der Waals surface area (Å²) < 4.78 is 6.80. The van der Waals surface area contributed by atoms with Crippen molar-refractivity contribution in [2.45, 2.75) is 64.0 Å². The number of aromatic amines is 1. The Labute approximate surface area is 250 Å². The van der Waals surface area contributed by atoms with E-state index in [1.54, 1.807) is 32.4 Å². The third-order valence-corrected chi connectivity index (χ3v) is 7.42. The highest BCUT2D eigenvalue weighted by Gasteiger charge is 2.25. The fourth-order valence-corrected chi connectivity index (χ4v) is 5.00. The van der Waals surface area contributed by atoms with Crippen LogP contribution < -0.4 is 10.9 Å². The summed E-state index contributed by atoms with van der Waals surface area (Å²) in [6, 6.07) is 3.13. The molecule has 1 aliphatic rings. The predicted octanol–water partition coefficient (Wildman–Crippen LogP) is 3.12. The molecule has 0 aliphatic heterocycles. The number of nitrogens with zero attached hydrogens (tertiary/aromatic N) is 6. The van der Waals surface area contributed by atoms with Gasteiger partial charge in [0.25, 0.3) is 11.5 Å². The third-order valence-electron chi connectivity index (χ3n) is 7.42. The zero-order valence-corrected chi connectivity index (χ0v) is 25.2. The number of ether oxygens (including phenoxy) is 1. The quantitative estimate of drug-likeness (QED) is 0.322. The van der Waals surface area contributed by atoms with Crippen molar-refractivity contribution in [2.75, 3.05) is 33.5 Å². The SMILES string of the molecule is CN(C)C(=O)/C=C/CC[C@H](OC(=O)N(C)C)C(=O)Nc1cccn(Cc2nc3ncnc(CC4CCCCC4)c3[nH]2)c1=O. The summed E-state index contributed by atoms with van der Waals surface area (Å²) in [6.07, 6.45) is 11.7. The Morgan fingerprint density at radius 2 is 1.91 bits per heavy atom. The summed E-state index contributed by atoms with van der Waals surface area (Å²) in [5.74, 6) is 0.290. The molecular weight excluding hydrogens is 552 g/mol. The molecule has 3 aromatic rings. The monoisotopic (exact) mass is 592 g/mol. The summed E-state index contributed by atoms with van der Waals surface area (Å²) in [5, 5.41) is 2.61. The largest absolute Gasteiger partial charge is 0.436 e. The molecule has 4 rings (SSSR count). The van der Waals surface area contributed by atoms with Crippen molar-refractivity contribution >= 4 is 34.8 Å². The van der Waals surface area contributed by atoms with Gasteiger partial charge >= 0.3 is 6.09 Å². The molecule has 0 bridgehead atoms. The third kappa shape index (κ3) is 8.49. The van der Waals surface area contributed by atoms with Crippen molar-refractivity contribution in [2.24, 2.45) is 5.92 Å². The lowest BCUT2D eigenvalue weighted by molar-refractivity contribution is -0.125. The van der Waals surface area contributed by atoms with Crippen LogP contribution in [0.4, 0.5) is 10.5 Å². The number of carbonyl (C=O) groups excluding carboxylic acids is 3. The van der Waals surface area contributed by atoms with Crippen LogP contribution in [0, 0.1) is 5.92 Å². The van der Waals surface area contributed by atoms with Crippen molar-refractivity contribution in [3.8, 4) is 0 Å². The van der Waals surface area contributed by atoms with Crippen molar-refractivity contribution in [3.63, 3.8) is 0 Å². The molecule has 1 aliphatic carbocycles. The molecule has 3 aromatic heterocycles. The Morgan fingerprint density at radius 1 is 1.14 bits per heavy atom. The van der Waals surface area contributed by atoms with Crippen LogP contribution in [0.1, 0.15) is 56.5 Å². The topological polar surface area (TPSA) is 155 Å². The molecule has 3 heterocycles. The molecule has 1 fully saturated rings. The number of likely N-dealkylation sites (N-methyl/N-ethyl adjacent to an activating group) is 1. The molecule has 0 spiro atoms. The Balaban J connectivity index is 1.47. The minimum absolute atomic E-state index is 0.0330. The zero-order valence-electron chi connectivity index (χ0n) is 25.2. The van der Waals surface area contributed by atoms with Crippen molar-refractivity contribution in [3.05, 3.63) is 58.7 Å². The highest BCUT2D eigenvalue weighted by Crippen LogP contribution is 2.28. The molecule has 0 saturated heterocycles. The standard InChI is InChI=1S/C30H40N8O5/c1-36(2)25(39)15-9-8-14-23(43-30(42)37(3)4)28(40)33-21-13-10-16-38(29(21)41)18-24-34-26-22(31-19-32-27(26)35-24)17-20-11-6-5-7-12-20/h9-10,13,15-16,19-20,23H,5-8,11-12,14,17-18H2,1-4H3,(H,33,40)(H,31,32,34,35)/b15-9+/t23-/m0/s1. The molecule has 1 atom stereocenters. The van der Waals surface area contributed by atoms with Gasteiger partial charge in [0.2, 0.25) is 5.91 Å². The van der Waals surface area contributed by atoms with Gasteiger partial charge in [-0.05, 0) is 43.4 Å². The normalized spacial score (nSPS) is 14.5. The number of hydrogen-bond donors (Lipinski definition) is 2. The highest BCUT2D eigenvalue weighted by atomic mass is 16.6. The van der Waals surface area contributed by atoms with Gasteiger partial charge in [0.15, 0.2) is 11.8 Å². The first-order valence-electron chi connectivity index (χ1n) is 14.6. The minimum Gasteiger partial charge on any atom is -0.436 e. The highest BCUT2D eigenvalue weighted by molar-refractivity contribution is 5.95. The van der Waals surface area contributed by atoms with E-state index < -0.39 is 23.7 Å². The Bertz CT molecular complexity index is 1520. The number of allylic oxidation sites excluding steroid dienone is 1. The number of aromatic nitrogens is 5. The van der Waals surface area contributed by atoms with Gasteiger partial charge in [0.05, 0.1) is 12.2 Å². The molecule has 0 radical (unpaired) electrons. The average molecular weight is 593 g/mol. The van der Waals surface area contributed by atoms with E-state index in [0.29, 0.717) is 23.8 Å². The summed E-state index contributed by atoms with van der Waals surface area (Å²) in [6.45, 7) is 0.130. The van der Waals surface area contributed by atoms with Crippen LogP contribution in [0.25, 0.3) is 11.2 Å². The van der Waals surface area contributed by atoms with Crippen molar-refractivity contribution in [1.82, 2.24) is 34.3 Å². The van der Waals surface area contributed by atoms with Crippen LogP contribution in [0.15, 0.2) is 41.6 Å². The Hall–Kier alpha value is -4.55. The second kappa shape index (κ2) is 14.6. The molecule has 1 saturated carbocycles. The molecule has 3 amide bonds.